The van der Waals surface area contributed by atoms with Gasteiger partial charge in [-0.3, -0.25) is 0 Å². The van der Waals surface area contributed by atoms with Crippen molar-refractivity contribution in [2.75, 3.05) is 0 Å². The molecule has 2 nitrogen and oxygen atoms in total. The maximum atomic E-state index is 6.86. The average molecular weight is 533 g/mol. The Labute approximate surface area is 221 Å². The highest BCUT2D eigenvalue weighted by Gasteiger charge is 2.87. The summed E-state index contributed by atoms with van der Waals surface area (Å²) in [7, 11) is 0. The first kappa shape index (κ1) is 20.7. The lowest BCUT2D eigenvalue weighted by Gasteiger charge is -2.34. The summed E-state index contributed by atoms with van der Waals surface area (Å²) in [6, 6.07) is 33.9. The third-order valence-corrected chi connectivity index (χ3v) is 10.1. The molecule has 4 aliphatic rings. The molecule has 6 heteroatoms. The molecule has 8 rings (SSSR count). The number of thioether (sulfide) groups is 1. The first-order valence-corrected chi connectivity index (χ1v) is 13.3. The monoisotopic (exact) mass is 531 g/mol. The molecule has 0 N–H and O–H groups in total. The maximum Gasteiger partial charge on any atom is 0.266 e. The van der Waals surface area contributed by atoms with Crippen LogP contribution in [0, 0.1) is 0 Å². The average Bonchev–Trinajstić information content (AvgIpc) is 3.13. The van der Waals surface area contributed by atoms with Gasteiger partial charge < -0.3 is 4.74 Å². The maximum absolute atomic E-state index is 6.86. The number of rotatable bonds is 0. The molecule has 1 fully saturated rings. The van der Waals surface area contributed by atoms with Crippen molar-refractivity contribution >= 4 is 52.5 Å². The van der Waals surface area contributed by atoms with E-state index in [9.17, 15) is 0 Å². The molecule has 0 amide bonds. The molecule has 4 aromatic rings. The lowest BCUT2D eigenvalue weighted by Crippen LogP contribution is -2.44. The van der Waals surface area contributed by atoms with Crippen LogP contribution in [0.5, 0.6) is 0 Å². The molecule has 4 aromatic carbocycles. The van der Waals surface area contributed by atoms with E-state index in [0.29, 0.717) is 0 Å². The number of hydrogen-bond acceptors (Lipinski definition) is 3. The zero-order valence-electron chi connectivity index (χ0n) is 18.1. The van der Waals surface area contributed by atoms with Crippen LogP contribution in [0.15, 0.2) is 102 Å². The van der Waals surface area contributed by atoms with Crippen molar-refractivity contribution in [1.82, 2.24) is 0 Å². The Morgan fingerprint density at radius 2 is 1.00 bits per heavy atom. The molecular weight excluding hydrogens is 517 g/mol. The second-order valence-corrected chi connectivity index (χ2v) is 13.0. The van der Waals surface area contributed by atoms with E-state index in [-0.39, 0.29) is 5.90 Å². The van der Waals surface area contributed by atoms with Crippen LogP contribution in [0.1, 0.15) is 22.3 Å². The number of alkyl halides is 3. The van der Waals surface area contributed by atoms with Gasteiger partial charge in [0.1, 0.15) is 4.75 Å². The molecule has 1 atom stereocenters. The lowest BCUT2D eigenvalue weighted by molar-refractivity contribution is 0.0920. The van der Waals surface area contributed by atoms with Crippen LogP contribution in [0.4, 0.5) is 0 Å². The Bertz CT molecular complexity index is 1530. The second-order valence-electron chi connectivity index (χ2n) is 9.31. The van der Waals surface area contributed by atoms with E-state index in [1.54, 1.807) is 11.8 Å². The van der Waals surface area contributed by atoms with E-state index in [1.165, 1.54) is 22.3 Å². The van der Waals surface area contributed by atoms with E-state index in [1.807, 2.05) is 12.1 Å². The SMILES string of the molecule is ClC(Cl)(Cl)C1=NC2(SC23c2ccccc2-c2ccccc23)C2(O1)c1ccccc1-c1ccccc12. The summed E-state index contributed by atoms with van der Waals surface area (Å²) in [4.78, 5) is 4.46. The van der Waals surface area contributed by atoms with Gasteiger partial charge in [0.15, 0.2) is 10.5 Å². The van der Waals surface area contributed by atoms with Gasteiger partial charge in [0.05, 0.1) is 0 Å². The molecule has 3 spiro atoms. The van der Waals surface area contributed by atoms with Crippen molar-refractivity contribution in [3.8, 4) is 22.3 Å². The highest BCUT2D eigenvalue weighted by molar-refractivity contribution is 8.09. The molecule has 0 radical (unpaired) electrons. The smallest absolute Gasteiger partial charge is 0.266 e. The van der Waals surface area contributed by atoms with Crippen LogP contribution in [0.3, 0.4) is 0 Å². The summed E-state index contributed by atoms with van der Waals surface area (Å²) >= 11 is 21.2. The zero-order chi connectivity index (χ0) is 23.6. The molecule has 2 heterocycles. The fourth-order valence-corrected chi connectivity index (χ4v) is 8.69. The van der Waals surface area contributed by atoms with Gasteiger partial charge in [0, 0.05) is 11.1 Å². The third kappa shape index (κ3) is 2.22. The van der Waals surface area contributed by atoms with Crippen molar-refractivity contribution in [1.29, 1.82) is 0 Å². The number of aliphatic imine (C=N–C) groups is 1. The van der Waals surface area contributed by atoms with Gasteiger partial charge in [0.2, 0.25) is 5.90 Å². The highest BCUT2D eigenvalue weighted by Crippen LogP contribution is 2.86. The van der Waals surface area contributed by atoms with Gasteiger partial charge in [-0.25, -0.2) is 4.99 Å². The molecule has 0 aromatic heterocycles. The number of benzene rings is 4. The first-order valence-electron chi connectivity index (χ1n) is 11.4. The van der Waals surface area contributed by atoms with Gasteiger partial charge in [0.25, 0.3) is 3.79 Å². The Morgan fingerprint density at radius 1 is 0.600 bits per heavy atom. The molecule has 0 saturated carbocycles. The fourth-order valence-electron chi connectivity index (χ4n) is 6.54. The minimum absolute atomic E-state index is 0.139. The summed E-state index contributed by atoms with van der Waals surface area (Å²) in [5, 5.41) is 0. The summed E-state index contributed by atoms with van der Waals surface area (Å²) in [5.74, 6) is 0.139. The normalized spacial score (nSPS) is 23.0. The largest absolute Gasteiger partial charge is 0.458 e. The topological polar surface area (TPSA) is 21.6 Å². The Kier molecular flexibility index (Phi) is 3.83. The summed E-state index contributed by atoms with van der Waals surface area (Å²) in [6.45, 7) is 0. The van der Waals surface area contributed by atoms with Crippen LogP contribution in [0.2, 0.25) is 0 Å². The summed E-state index contributed by atoms with van der Waals surface area (Å²) in [6.07, 6.45) is 0. The predicted octanol–water partition coefficient (Wildman–Crippen LogP) is 8.08. The molecule has 1 saturated heterocycles. The van der Waals surface area contributed by atoms with E-state index in [4.69, 9.17) is 44.5 Å². The molecule has 2 aliphatic carbocycles. The van der Waals surface area contributed by atoms with E-state index >= 15 is 0 Å². The van der Waals surface area contributed by atoms with Crippen LogP contribution >= 0.6 is 46.6 Å². The predicted molar refractivity (Wildman–Crippen MR) is 144 cm³/mol. The van der Waals surface area contributed by atoms with E-state index < -0.39 is 19.0 Å². The zero-order valence-corrected chi connectivity index (χ0v) is 21.2. The van der Waals surface area contributed by atoms with Crippen LogP contribution < -0.4 is 0 Å². The quantitative estimate of drug-likeness (QED) is 0.169. The number of halogens is 3. The standard InChI is InChI=1S/C29H16Cl3NOS/c30-28(31,32)25-33-29(26(34-25)21-13-5-1-9-17(21)18-10-2-6-14-22(18)26)27(35-29)23-15-7-3-11-19(23)20-12-4-8-16-24(20)27/h1-16H. The molecular formula is C29H16Cl3NOS. The van der Waals surface area contributed by atoms with E-state index in [0.717, 1.165) is 22.3 Å². The van der Waals surface area contributed by atoms with Gasteiger partial charge >= 0.3 is 0 Å². The van der Waals surface area contributed by atoms with Gasteiger partial charge in [-0.2, -0.15) is 0 Å². The molecule has 2 aliphatic heterocycles. The second kappa shape index (κ2) is 6.46. The van der Waals surface area contributed by atoms with E-state index in [2.05, 4.69) is 84.9 Å². The minimum atomic E-state index is -1.79. The van der Waals surface area contributed by atoms with Crippen molar-refractivity contribution in [3.63, 3.8) is 0 Å². The van der Waals surface area contributed by atoms with Crippen molar-refractivity contribution in [2.45, 2.75) is 19.0 Å². The van der Waals surface area contributed by atoms with Crippen LogP contribution in [-0.4, -0.2) is 14.6 Å². The van der Waals surface area contributed by atoms with Crippen LogP contribution in [0.25, 0.3) is 22.3 Å². The minimum Gasteiger partial charge on any atom is -0.458 e. The van der Waals surface area contributed by atoms with Gasteiger partial charge in [-0.15, -0.1) is 11.8 Å². The number of nitrogens with zero attached hydrogens (tertiary/aromatic N) is 1. The Morgan fingerprint density at radius 3 is 1.46 bits per heavy atom. The Hall–Kier alpha value is -2.43. The molecule has 0 bridgehead atoms. The summed E-state index contributed by atoms with van der Waals surface area (Å²) < 4.78 is 4.60. The van der Waals surface area contributed by atoms with Crippen molar-refractivity contribution in [3.05, 3.63) is 119 Å². The Balaban J connectivity index is 1.51. The van der Waals surface area contributed by atoms with Crippen molar-refractivity contribution < 1.29 is 4.74 Å². The number of ether oxygens (including phenoxy) is 1. The molecule has 170 valence electrons. The van der Waals surface area contributed by atoms with Crippen molar-refractivity contribution in [2.24, 2.45) is 4.99 Å². The van der Waals surface area contributed by atoms with Gasteiger partial charge in [-0.05, 0) is 33.4 Å². The highest BCUT2D eigenvalue weighted by atomic mass is 35.6. The number of hydrogen-bond donors (Lipinski definition) is 0. The fraction of sp³-hybridized carbons (Fsp3) is 0.138. The third-order valence-electron chi connectivity index (χ3n) is 7.77. The molecule has 1 unspecified atom stereocenters. The number of fused-ring (bicyclic) bond motifs is 12. The lowest BCUT2D eigenvalue weighted by atomic mass is 9.75. The van der Waals surface area contributed by atoms with Crippen LogP contribution in [-0.2, 0) is 15.1 Å². The van der Waals surface area contributed by atoms with Gasteiger partial charge in [-0.1, -0.05) is 132 Å². The summed E-state index contributed by atoms with van der Waals surface area (Å²) in [5.41, 5.74) is 8.33. The first-order chi connectivity index (χ1) is 16.9. The molecule has 35 heavy (non-hydrogen) atoms.